The maximum Gasteiger partial charge on any atom is 0.225 e. The first-order valence-electron chi connectivity index (χ1n) is 5.12. The van der Waals surface area contributed by atoms with E-state index in [2.05, 4.69) is 11.5 Å². The lowest BCUT2D eigenvalue weighted by molar-refractivity contribution is -0.132. The van der Waals surface area contributed by atoms with Gasteiger partial charge in [-0.15, -0.1) is 6.58 Å². The Kier molecular flexibility index (Phi) is 1.94. The van der Waals surface area contributed by atoms with Crippen molar-refractivity contribution in [3.8, 4) is 0 Å². The van der Waals surface area contributed by atoms with Crippen molar-refractivity contribution in [2.45, 2.75) is 38.1 Å². The van der Waals surface area contributed by atoms with Crippen molar-refractivity contribution in [3.05, 3.63) is 12.7 Å². The summed E-state index contributed by atoms with van der Waals surface area (Å²) < 4.78 is 0. The fraction of sp³-hybridized carbons (Fsp3) is 0.727. The highest BCUT2D eigenvalue weighted by molar-refractivity contribution is 5.82. The van der Waals surface area contributed by atoms with Gasteiger partial charge in [0, 0.05) is 18.0 Å². The molecule has 2 rings (SSSR count). The summed E-state index contributed by atoms with van der Waals surface area (Å²) in [6.07, 6.45) is 6.33. The Hall–Kier alpha value is -0.790. The van der Waals surface area contributed by atoms with Gasteiger partial charge in [0.1, 0.15) is 0 Å². The van der Waals surface area contributed by atoms with Crippen molar-refractivity contribution >= 4 is 5.91 Å². The second kappa shape index (κ2) is 2.86. The number of hydrogen-bond donors (Lipinski definition) is 0. The lowest BCUT2D eigenvalue weighted by Gasteiger charge is -2.30. The van der Waals surface area contributed by atoms with E-state index in [4.69, 9.17) is 0 Å². The van der Waals surface area contributed by atoms with Crippen LogP contribution >= 0.6 is 0 Å². The zero-order valence-corrected chi connectivity index (χ0v) is 8.25. The molecular weight excluding hydrogens is 162 g/mol. The van der Waals surface area contributed by atoms with Gasteiger partial charge in [0.05, 0.1) is 0 Å². The van der Waals surface area contributed by atoms with Crippen LogP contribution in [0, 0.1) is 5.92 Å². The molecule has 0 N–H and O–H groups in total. The van der Waals surface area contributed by atoms with Crippen LogP contribution in [0.4, 0.5) is 0 Å². The maximum absolute atomic E-state index is 11.8. The van der Waals surface area contributed by atoms with Crippen LogP contribution in [0.1, 0.15) is 32.6 Å². The zero-order valence-electron chi connectivity index (χ0n) is 8.25. The normalized spacial score (nSPS) is 38.1. The molecule has 0 saturated carbocycles. The third kappa shape index (κ3) is 1.11. The van der Waals surface area contributed by atoms with E-state index >= 15 is 0 Å². The molecule has 0 aromatic rings. The monoisotopic (exact) mass is 179 g/mol. The molecule has 2 saturated heterocycles. The maximum atomic E-state index is 11.8. The molecule has 2 heterocycles. The fourth-order valence-electron chi connectivity index (χ4n) is 2.98. The van der Waals surface area contributed by atoms with E-state index in [0.717, 1.165) is 19.4 Å². The Morgan fingerprint density at radius 1 is 1.77 bits per heavy atom. The van der Waals surface area contributed by atoms with E-state index in [0.29, 0.717) is 5.91 Å². The van der Waals surface area contributed by atoms with Gasteiger partial charge in [-0.25, -0.2) is 0 Å². The Morgan fingerprint density at radius 3 is 3.23 bits per heavy atom. The van der Waals surface area contributed by atoms with Crippen molar-refractivity contribution in [1.82, 2.24) is 4.90 Å². The summed E-state index contributed by atoms with van der Waals surface area (Å²) in [5.41, 5.74) is 0.165. The molecule has 2 heteroatoms. The lowest BCUT2D eigenvalue weighted by atomic mass is 9.87. The van der Waals surface area contributed by atoms with Crippen molar-refractivity contribution in [2.24, 2.45) is 5.92 Å². The molecule has 2 nitrogen and oxygen atoms in total. The highest BCUT2D eigenvalue weighted by atomic mass is 16.2. The predicted octanol–water partition coefficient (Wildman–Crippen LogP) is 1.96. The van der Waals surface area contributed by atoms with E-state index in [1.807, 2.05) is 13.0 Å². The van der Waals surface area contributed by atoms with E-state index in [-0.39, 0.29) is 11.5 Å². The molecule has 0 radical (unpaired) electrons. The van der Waals surface area contributed by atoms with Crippen LogP contribution in [0.5, 0.6) is 0 Å². The van der Waals surface area contributed by atoms with Gasteiger partial charge < -0.3 is 4.90 Å². The number of carbonyl (C=O) groups is 1. The van der Waals surface area contributed by atoms with Crippen molar-refractivity contribution in [3.63, 3.8) is 0 Å². The first-order valence-corrected chi connectivity index (χ1v) is 5.12. The number of hydrogen-bond acceptors (Lipinski definition) is 1. The Morgan fingerprint density at radius 2 is 2.54 bits per heavy atom. The summed E-state index contributed by atoms with van der Waals surface area (Å²) in [5, 5.41) is 0. The summed E-state index contributed by atoms with van der Waals surface area (Å²) in [5.74, 6) is 0.597. The molecule has 2 aliphatic heterocycles. The molecule has 0 aromatic heterocycles. The standard InChI is InChI=1S/C11H17NO/c1-3-5-11-6-4-7-12(11)10(13)9(2)8-11/h3,9H,1,4-8H2,2H3/t9-,11+/m0/s1. The van der Waals surface area contributed by atoms with Gasteiger partial charge in [-0.2, -0.15) is 0 Å². The molecule has 2 fully saturated rings. The second-order valence-electron chi connectivity index (χ2n) is 4.42. The summed E-state index contributed by atoms with van der Waals surface area (Å²) in [4.78, 5) is 13.9. The molecule has 2 atom stereocenters. The highest BCUT2D eigenvalue weighted by Crippen LogP contribution is 2.44. The molecule has 1 amide bonds. The molecule has 0 unspecified atom stereocenters. The summed E-state index contributed by atoms with van der Waals surface area (Å²) in [6.45, 7) is 6.81. The van der Waals surface area contributed by atoms with Gasteiger partial charge in [0.2, 0.25) is 5.91 Å². The molecule has 0 spiro atoms. The zero-order chi connectivity index (χ0) is 9.47. The average molecular weight is 179 g/mol. The molecule has 0 aliphatic carbocycles. The van der Waals surface area contributed by atoms with Crippen LogP contribution in [-0.2, 0) is 4.79 Å². The van der Waals surface area contributed by atoms with Crippen molar-refractivity contribution in [1.29, 1.82) is 0 Å². The van der Waals surface area contributed by atoms with E-state index in [1.165, 1.54) is 12.8 Å². The molecule has 13 heavy (non-hydrogen) atoms. The number of carbonyl (C=O) groups excluding carboxylic acids is 1. The molecule has 0 aromatic carbocycles. The van der Waals surface area contributed by atoms with Crippen LogP contribution < -0.4 is 0 Å². The number of fused-ring (bicyclic) bond motifs is 1. The number of rotatable bonds is 2. The minimum Gasteiger partial charge on any atom is -0.336 e. The topological polar surface area (TPSA) is 20.3 Å². The largest absolute Gasteiger partial charge is 0.336 e. The fourth-order valence-corrected chi connectivity index (χ4v) is 2.98. The Balaban J connectivity index is 2.25. The van der Waals surface area contributed by atoms with Gasteiger partial charge in [-0.3, -0.25) is 4.79 Å². The van der Waals surface area contributed by atoms with Crippen molar-refractivity contribution < 1.29 is 4.79 Å². The molecule has 2 aliphatic rings. The number of amides is 1. The predicted molar refractivity (Wildman–Crippen MR) is 52.3 cm³/mol. The van der Waals surface area contributed by atoms with E-state index < -0.39 is 0 Å². The minimum absolute atomic E-state index is 0.165. The first-order chi connectivity index (χ1) is 6.19. The van der Waals surface area contributed by atoms with Gasteiger partial charge >= 0.3 is 0 Å². The summed E-state index contributed by atoms with van der Waals surface area (Å²) >= 11 is 0. The lowest BCUT2D eigenvalue weighted by Crippen LogP contribution is -2.39. The third-order valence-electron chi connectivity index (χ3n) is 3.49. The van der Waals surface area contributed by atoms with Crippen LogP contribution in [0.25, 0.3) is 0 Å². The van der Waals surface area contributed by atoms with Gasteiger partial charge in [-0.1, -0.05) is 13.0 Å². The van der Waals surface area contributed by atoms with Gasteiger partial charge in [0.15, 0.2) is 0 Å². The second-order valence-corrected chi connectivity index (χ2v) is 4.42. The van der Waals surface area contributed by atoms with Crippen LogP contribution in [0.3, 0.4) is 0 Å². The Labute approximate surface area is 79.6 Å². The molecule has 0 bridgehead atoms. The van der Waals surface area contributed by atoms with Gasteiger partial charge in [-0.05, 0) is 25.7 Å². The van der Waals surface area contributed by atoms with Gasteiger partial charge in [0.25, 0.3) is 0 Å². The SMILES string of the molecule is C=CC[C@]12CCCN1C(=O)[C@@H](C)C2. The average Bonchev–Trinajstić information content (AvgIpc) is 2.55. The highest BCUT2D eigenvalue weighted by Gasteiger charge is 2.50. The van der Waals surface area contributed by atoms with Crippen LogP contribution in [0.2, 0.25) is 0 Å². The molecular formula is C11H17NO. The van der Waals surface area contributed by atoms with E-state index in [1.54, 1.807) is 0 Å². The summed E-state index contributed by atoms with van der Waals surface area (Å²) in [6, 6.07) is 0. The van der Waals surface area contributed by atoms with Crippen LogP contribution in [0.15, 0.2) is 12.7 Å². The minimum atomic E-state index is 0.165. The first kappa shape index (κ1) is 8.79. The number of nitrogens with zero attached hydrogens (tertiary/aromatic N) is 1. The van der Waals surface area contributed by atoms with Crippen molar-refractivity contribution in [2.75, 3.05) is 6.54 Å². The van der Waals surface area contributed by atoms with Crippen LogP contribution in [-0.4, -0.2) is 22.9 Å². The quantitative estimate of drug-likeness (QED) is 0.593. The smallest absolute Gasteiger partial charge is 0.225 e. The Bertz CT molecular complexity index is 248. The summed E-state index contributed by atoms with van der Waals surface area (Å²) in [7, 11) is 0. The third-order valence-corrected chi connectivity index (χ3v) is 3.49. The molecule has 72 valence electrons. The van der Waals surface area contributed by atoms with E-state index in [9.17, 15) is 4.79 Å².